The Morgan fingerprint density at radius 1 is 1.50 bits per heavy atom. The van der Waals surface area contributed by atoms with Crippen molar-refractivity contribution in [1.29, 1.82) is 0 Å². The molecule has 0 radical (unpaired) electrons. The topological polar surface area (TPSA) is 136 Å². The van der Waals surface area contributed by atoms with Crippen molar-refractivity contribution < 1.29 is 24.0 Å². The number of nitrogens with zero attached hydrogens (tertiary/aromatic N) is 3. The molecule has 1 fully saturated rings. The van der Waals surface area contributed by atoms with E-state index in [4.69, 9.17) is 26.9 Å². The number of β-lactam (4-membered cyclic amide) rings is 1. The summed E-state index contributed by atoms with van der Waals surface area (Å²) < 4.78 is 5.05. The van der Waals surface area contributed by atoms with Crippen molar-refractivity contribution in [3.05, 3.63) is 22.8 Å². The van der Waals surface area contributed by atoms with Crippen LogP contribution in [0.2, 0.25) is 0 Å². The number of hydrogen-bond donors (Lipinski definition) is 2. The minimum Gasteiger partial charge on any atom is -0.448 e. The van der Waals surface area contributed by atoms with Gasteiger partial charge in [-0.1, -0.05) is 17.0 Å². The fraction of sp³-hybridized carbons (Fsp3) is 0.353. The normalized spacial score (nSPS) is 20.2. The van der Waals surface area contributed by atoms with Gasteiger partial charge in [-0.3, -0.25) is 14.5 Å². The molecule has 0 spiro atoms. The molecule has 3 N–H and O–H groups in total. The minimum atomic E-state index is -0.840. The Hall–Kier alpha value is -2.75. The average molecular weight is 470 g/mol. The van der Waals surface area contributed by atoms with Gasteiger partial charge in [0.2, 0.25) is 0 Å². The fourth-order valence-corrected chi connectivity index (χ4v) is 4.54. The van der Waals surface area contributed by atoms with Crippen LogP contribution in [0.1, 0.15) is 5.69 Å². The minimum absolute atomic E-state index is 0.106. The van der Waals surface area contributed by atoms with E-state index in [1.54, 1.807) is 11.5 Å². The smallest absolute Gasteiger partial charge is 0.355 e. The number of nitrogen functional groups attached to an aromatic ring is 1. The van der Waals surface area contributed by atoms with Gasteiger partial charge in [-0.2, -0.15) is 0 Å². The standard InChI is InChI=1S/C17H16ClN5O5S2/c1-27-22-11(9-8-30-17(19)20-9)13(24)21-12-14(25)23-10(4-7-29-15(12)23)16(26)28-6-3-2-5-18/h4,8,12,15H,5-7H2,1H3,(H2,19,20)(H,21,24)/b22-11-/t12?,15-/m1/s1. The van der Waals surface area contributed by atoms with Gasteiger partial charge in [-0.05, 0) is 6.08 Å². The van der Waals surface area contributed by atoms with Gasteiger partial charge in [-0.15, -0.1) is 34.7 Å². The van der Waals surface area contributed by atoms with E-state index in [1.165, 1.54) is 23.8 Å². The molecular weight excluding hydrogens is 454 g/mol. The van der Waals surface area contributed by atoms with Crippen LogP contribution >= 0.6 is 34.7 Å². The van der Waals surface area contributed by atoms with Crippen molar-refractivity contribution in [3.63, 3.8) is 0 Å². The number of nitrogens with one attached hydrogen (secondary N) is 1. The first-order valence-corrected chi connectivity index (χ1v) is 10.9. The Morgan fingerprint density at radius 2 is 2.30 bits per heavy atom. The van der Waals surface area contributed by atoms with E-state index < -0.39 is 29.2 Å². The van der Waals surface area contributed by atoms with Crippen molar-refractivity contribution in [2.45, 2.75) is 11.4 Å². The summed E-state index contributed by atoms with van der Waals surface area (Å²) in [6.45, 7) is -0.128. The number of alkyl halides is 1. The number of amides is 2. The molecule has 0 aromatic carbocycles. The largest absolute Gasteiger partial charge is 0.448 e. The first-order valence-electron chi connectivity index (χ1n) is 8.45. The number of aromatic nitrogens is 1. The molecule has 3 heterocycles. The van der Waals surface area contributed by atoms with E-state index in [2.05, 4.69) is 27.3 Å². The number of ether oxygens (including phenoxy) is 1. The van der Waals surface area contributed by atoms with Crippen LogP contribution in [0.25, 0.3) is 0 Å². The summed E-state index contributed by atoms with van der Waals surface area (Å²) in [5, 5.41) is 7.69. The van der Waals surface area contributed by atoms with E-state index in [9.17, 15) is 14.4 Å². The quantitative estimate of drug-likeness (QED) is 0.150. The zero-order valence-corrected chi connectivity index (χ0v) is 18.0. The van der Waals surface area contributed by atoms with Gasteiger partial charge in [0, 0.05) is 11.1 Å². The molecule has 158 valence electrons. The number of carbonyl (C=O) groups excluding carboxylic acids is 3. The molecule has 2 aliphatic rings. The van der Waals surface area contributed by atoms with Crippen LogP contribution in [-0.4, -0.2) is 70.1 Å². The van der Waals surface area contributed by atoms with Gasteiger partial charge in [0.25, 0.3) is 11.8 Å². The average Bonchev–Trinajstić information content (AvgIpc) is 3.18. The fourth-order valence-electron chi connectivity index (χ4n) is 2.71. The van der Waals surface area contributed by atoms with Gasteiger partial charge >= 0.3 is 5.97 Å². The summed E-state index contributed by atoms with van der Waals surface area (Å²) in [5.74, 6) is 4.00. The molecule has 1 unspecified atom stereocenters. The number of nitrogens with two attached hydrogens (primary N) is 1. The van der Waals surface area contributed by atoms with E-state index in [0.29, 0.717) is 5.75 Å². The first kappa shape index (κ1) is 21.9. The van der Waals surface area contributed by atoms with E-state index in [0.717, 1.165) is 11.3 Å². The number of esters is 1. The number of hydrogen-bond acceptors (Lipinski definition) is 10. The van der Waals surface area contributed by atoms with Gasteiger partial charge < -0.3 is 20.6 Å². The molecule has 0 bridgehead atoms. The highest BCUT2D eigenvalue weighted by molar-refractivity contribution is 8.00. The van der Waals surface area contributed by atoms with Crippen molar-refractivity contribution in [1.82, 2.24) is 15.2 Å². The van der Waals surface area contributed by atoms with Crippen LogP contribution in [-0.2, 0) is 24.0 Å². The van der Waals surface area contributed by atoms with Crippen LogP contribution < -0.4 is 11.1 Å². The number of carbonyl (C=O) groups is 3. The molecule has 0 aliphatic carbocycles. The maximum absolute atomic E-state index is 12.7. The lowest BCUT2D eigenvalue weighted by molar-refractivity contribution is -0.151. The lowest BCUT2D eigenvalue weighted by Crippen LogP contribution is -2.70. The maximum Gasteiger partial charge on any atom is 0.355 e. The van der Waals surface area contributed by atoms with Crippen molar-refractivity contribution in [2.24, 2.45) is 5.16 Å². The summed E-state index contributed by atoms with van der Waals surface area (Å²) in [5.41, 5.74) is 5.86. The molecule has 2 atom stereocenters. The molecule has 13 heteroatoms. The first-order chi connectivity index (χ1) is 14.5. The molecule has 3 rings (SSSR count). The van der Waals surface area contributed by atoms with Crippen molar-refractivity contribution in [3.8, 4) is 11.8 Å². The number of fused-ring (bicyclic) bond motifs is 1. The second-order valence-electron chi connectivity index (χ2n) is 5.73. The van der Waals surface area contributed by atoms with Crippen LogP contribution in [0.5, 0.6) is 0 Å². The highest BCUT2D eigenvalue weighted by Gasteiger charge is 2.53. The van der Waals surface area contributed by atoms with Crippen LogP contribution in [0.3, 0.4) is 0 Å². The van der Waals surface area contributed by atoms with Gasteiger partial charge in [0.15, 0.2) is 17.5 Å². The predicted molar refractivity (Wildman–Crippen MR) is 113 cm³/mol. The molecule has 30 heavy (non-hydrogen) atoms. The van der Waals surface area contributed by atoms with Gasteiger partial charge in [0.05, 0.1) is 5.88 Å². The number of thioether (sulfide) groups is 1. The van der Waals surface area contributed by atoms with Crippen LogP contribution in [0, 0.1) is 11.8 Å². The number of anilines is 1. The highest BCUT2D eigenvalue weighted by atomic mass is 35.5. The van der Waals surface area contributed by atoms with Crippen LogP contribution in [0.15, 0.2) is 22.3 Å². The lowest BCUT2D eigenvalue weighted by atomic mass is 10.0. The van der Waals surface area contributed by atoms with Crippen molar-refractivity contribution >= 4 is 63.3 Å². The second kappa shape index (κ2) is 9.84. The van der Waals surface area contributed by atoms with Crippen molar-refractivity contribution in [2.75, 3.05) is 31.1 Å². The summed E-state index contributed by atoms with van der Waals surface area (Å²) in [4.78, 5) is 47.6. The second-order valence-corrected chi connectivity index (χ2v) is 8.04. The summed E-state index contributed by atoms with van der Waals surface area (Å²) in [6.07, 6.45) is 1.60. The molecule has 10 nitrogen and oxygen atoms in total. The Kier molecular flexibility index (Phi) is 7.20. The van der Waals surface area contributed by atoms with Gasteiger partial charge in [-0.25, -0.2) is 9.78 Å². The molecule has 0 saturated carbocycles. The Balaban J connectivity index is 1.67. The summed E-state index contributed by atoms with van der Waals surface area (Å²) >= 11 is 7.98. The van der Waals surface area contributed by atoms with E-state index in [-0.39, 0.29) is 34.7 Å². The number of oxime groups is 1. The SMILES string of the molecule is CO/N=C(\C(=O)NC1C(=O)N2C(C(=O)OCC#CCCl)=CCS[C@H]12)c1csc(N)n1. The molecular formula is C17H16ClN5O5S2. The molecule has 1 aromatic rings. The Bertz CT molecular complexity index is 983. The molecule has 2 amide bonds. The van der Waals surface area contributed by atoms with E-state index >= 15 is 0 Å². The Morgan fingerprint density at radius 3 is 2.97 bits per heavy atom. The third-order valence-electron chi connectivity index (χ3n) is 3.97. The summed E-state index contributed by atoms with van der Waals surface area (Å²) in [7, 11) is 1.29. The zero-order valence-electron chi connectivity index (χ0n) is 15.6. The Labute approximate surface area is 184 Å². The third kappa shape index (κ3) is 4.53. The zero-order chi connectivity index (χ0) is 21.7. The molecule has 1 saturated heterocycles. The van der Waals surface area contributed by atoms with Gasteiger partial charge in [0.1, 0.15) is 29.9 Å². The molecule has 2 aliphatic heterocycles. The number of thiazole rings is 1. The van der Waals surface area contributed by atoms with Crippen LogP contribution in [0.4, 0.5) is 5.13 Å². The maximum atomic E-state index is 12.7. The third-order valence-corrected chi connectivity index (χ3v) is 5.96. The predicted octanol–water partition coefficient (Wildman–Crippen LogP) is 0.145. The summed E-state index contributed by atoms with van der Waals surface area (Å²) in [6, 6.07) is -0.840. The van der Waals surface area contributed by atoms with E-state index in [1.807, 2.05) is 0 Å². The lowest BCUT2D eigenvalue weighted by Gasteiger charge is -2.48. The molecule has 1 aromatic heterocycles. The highest BCUT2D eigenvalue weighted by Crippen LogP contribution is 2.37. The number of rotatable bonds is 6. The number of halogens is 1. The monoisotopic (exact) mass is 469 g/mol.